The third-order valence-corrected chi connectivity index (χ3v) is 5.41. The minimum absolute atomic E-state index is 0.579. The zero-order valence-corrected chi connectivity index (χ0v) is 12.6. The molecule has 2 atom stereocenters. The van der Waals surface area contributed by atoms with Crippen LogP contribution in [0.1, 0.15) is 18.7 Å². The SMILES string of the molecule is CC1CN(Cc2cc(Br)c(Cl)s2)C(C)CN1. The van der Waals surface area contributed by atoms with E-state index in [0.717, 1.165) is 28.4 Å². The normalized spacial score (nSPS) is 27.2. The van der Waals surface area contributed by atoms with E-state index in [9.17, 15) is 0 Å². The van der Waals surface area contributed by atoms with Crippen LogP contribution in [0.5, 0.6) is 0 Å². The van der Waals surface area contributed by atoms with Gasteiger partial charge in [0.1, 0.15) is 4.34 Å². The number of hydrogen-bond acceptors (Lipinski definition) is 3. The van der Waals surface area contributed by atoms with E-state index in [1.807, 2.05) is 0 Å². The third kappa shape index (κ3) is 2.99. The van der Waals surface area contributed by atoms with Gasteiger partial charge in [0.2, 0.25) is 0 Å². The molecule has 1 fully saturated rings. The fourth-order valence-corrected chi connectivity index (χ4v) is 3.80. The van der Waals surface area contributed by atoms with E-state index in [0.29, 0.717) is 12.1 Å². The molecule has 2 unspecified atom stereocenters. The number of halogens is 2. The minimum atomic E-state index is 0.579. The summed E-state index contributed by atoms with van der Waals surface area (Å²) >= 11 is 11.2. The van der Waals surface area contributed by atoms with E-state index in [1.165, 1.54) is 4.88 Å². The van der Waals surface area contributed by atoms with Crippen LogP contribution in [-0.2, 0) is 6.54 Å². The highest BCUT2D eigenvalue weighted by Gasteiger charge is 2.22. The average molecular weight is 324 g/mol. The molecule has 0 aromatic carbocycles. The molecule has 1 N–H and O–H groups in total. The predicted octanol–water partition coefficient (Wildman–Crippen LogP) is 3.35. The molecule has 1 aromatic rings. The van der Waals surface area contributed by atoms with Crippen LogP contribution >= 0.6 is 38.9 Å². The molecule has 1 aromatic heterocycles. The Kier molecular flexibility index (Phi) is 4.30. The van der Waals surface area contributed by atoms with E-state index in [1.54, 1.807) is 11.3 Å². The Hall–Kier alpha value is 0.390. The highest BCUT2D eigenvalue weighted by atomic mass is 79.9. The van der Waals surface area contributed by atoms with Crippen molar-refractivity contribution in [3.05, 3.63) is 19.8 Å². The summed E-state index contributed by atoms with van der Waals surface area (Å²) in [6, 6.07) is 3.30. The van der Waals surface area contributed by atoms with Crippen LogP contribution in [0.3, 0.4) is 0 Å². The topological polar surface area (TPSA) is 15.3 Å². The number of hydrogen-bond donors (Lipinski definition) is 1. The molecule has 1 aliphatic rings. The van der Waals surface area contributed by atoms with Gasteiger partial charge in [0.05, 0.1) is 0 Å². The van der Waals surface area contributed by atoms with Crippen LogP contribution in [0, 0.1) is 0 Å². The molecule has 2 nitrogen and oxygen atoms in total. The molecule has 1 aliphatic heterocycles. The van der Waals surface area contributed by atoms with E-state index >= 15 is 0 Å². The standard InChI is InChI=1S/C11H16BrClN2S/c1-7-5-15(8(2)4-14-7)6-9-3-10(12)11(13)16-9/h3,7-8,14H,4-6H2,1-2H3. The summed E-state index contributed by atoms with van der Waals surface area (Å²) < 4.78 is 1.87. The summed E-state index contributed by atoms with van der Waals surface area (Å²) in [4.78, 5) is 3.84. The summed E-state index contributed by atoms with van der Waals surface area (Å²) in [6.45, 7) is 7.68. The van der Waals surface area contributed by atoms with Crippen LogP contribution in [0.15, 0.2) is 10.5 Å². The summed E-state index contributed by atoms with van der Waals surface area (Å²) in [5, 5.41) is 3.49. The number of nitrogens with one attached hydrogen (secondary N) is 1. The summed E-state index contributed by atoms with van der Waals surface area (Å²) in [5.41, 5.74) is 0. The molecule has 0 amide bonds. The van der Waals surface area contributed by atoms with Gasteiger partial charge in [-0.05, 0) is 35.8 Å². The quantitative estimate of drug-likeness (QED) is 0.898. The zero-order valence-electron chi connectivity index (χ0n) is 9.46. The Balaban J connectivity index is 2.02. The third-order valence-electron chi connectivity index (χ3n) is 2.95. The second-order valence-electron chi connectivity index (χ2n) is 4.42. The van der Waals surface area contributed by atoms with E-state index in [-0.39, 0.29) is 0 Å². The van der Waals surface area contributed by atoms with E-state index in [2.05, 4.69) is 46.1 Å². The van der Waals surface area contributed by atoms with E-state index in [4.69, 9.17) is 11.6 Å². The first-order valence-corrected chi connectivity index (χ1v) is 7.46. The number of thiophene rings is 1. The van der Waals surface area contributed by atoms with Gasteiger partial charge < -0.3 is 5.32 Å². The Morgan fingerprint density at radius 3 is 3.00 bits per heavy atom. The van der Waals surface area contributed by atoms with Crippen LogP contribution in [0.25, 0.3) is 0 Å². The van der Waals surface area contributed by atoms with Gasteiger partial charge in [-0.1, -0.05) is 11.6 Å². The van der Waals surface area contributed by atoms with Crippen molar-refractivity contribution in [2.45, 2.75) is 32.5 Å². The fraction of sp³-hybridized carbons (Fsp3) is 0.636. The zero-order chi connectivity index (χ0) is 11.7. The smallest absolute Gasteiger partial charge is 0.107 e. The summed E-state index contributed by atoms with van der Waals surface area (Å²) in [6.07, 6.45) is 0. The maximum atomic E-state index is 6.05. The molecular formula is C11H16BrClN2S. The molecule has 1 saturated heterocycles. The van der Waals surface area contributed by atoms with Gasteiger partial charge in [0.25, 0.3) is 0 Å². The van der Waals surface area contributed by atoms with Gasteiger partial charge in [-0.2, -0.15) is 0 Å². The highest BCUT2D eigenvalue weighted by molar-refractivity contribution is 9.10. The molecule has 0 spiro atoms. The Morgan fingerprint density at radius 2 is 2.38 bits per heavy atom. The summed E-state index contributed by atoms with van der Waals surface area (Å²) in [7, 11) is 0. The highest BCUT2D eigenvalue weighted by Crippen LogP contribution is 2.33. The maximum Gasteiger partial charge on any atom is 0.107 e. The molecule has 0 radical (unpaired) electrons. The first-order valence-electron chi connectivity index (χ1n) is 5.47. The first-order chi connectivity index (χ1) is 7.56. The van der Waals surface area contributed by atoms with Crippen molar-refractivity contribution in [3.63, 3.8) is 0 Å². The number of piperazine rings is 1. The van der Waals surface area contributed by atoms with Crippen LogP contribution in [0.2, 0.25) is 4.34 Å². The molecule has 2 rings (SSSR count). The lowest BCUT2D eigenvalue weighted by atomic mass is 10.1. The van der Waals surface area contributed by atoms with Crippen LogP contribution in [-0.4, -0.2) is 30.1 Å². The van der Waals surface area contributed by atoms with Crippen molar-refractivity contribution < 1.29 is 0 Å². The van der Waals surface area contributed by atoms with Crippen molar-refractivity contribution >= 4 is 38.9 Å². The average Bonchev–Trinajstić information content (AvgIpc) is 2.52. The second-order valence-corrected chi connectivity index (χ2v) is 7.02. The van der Waals surface area contributed by atoms with Crippen molar-refractivity contribution in [3.8, 4) is 0 Å². The molecule has 0 saturated carbocycles. The van der Waals surface area contributed by atoms with Gasteiger partial charge in [0.15, 0.2) is 0 Å². The van der Waals surface area contributed by atoms with Crippen LogP contribution in [0.4, 0.5) is 0 Å². The Bertz CT molecular complexity index is 349. The maximum absolute atomic E-state index is 6.05. The monoisotopic (exact) mass is 322 g/mol. The first kappa shape index (κ1) is 12.8. The largest absolute Gasteiger partial charge is 0.311 e. The predicted molar refractivity (Wildman–Crippen MR) is 74.4 cm³/mol. The lowest BCUT2D eigenvalue weighted by Crippen LogP contribution is -2.53. The van der Waals surface area contributed by atoms with Crippen LogP contribution < -0.4 is 5.32 Å². The number of nitrogens with zero attached hydrogens (tertiary/aromatic N) is 1. The number of rotatable bonds is 2. The van der Waals surface area contributed by atoms with Gasteiger partial charge in [-0.3, -0.25) is 4.90 Å². The molecule has 0 aliphatic carbocycles. The summed E-state index contributed by atoms with van der Waals surface area (Å²) in [5.74, 6) is 0. The minimum Gasteiger partial charge on any atom is -0.311 e. The van der Waals surface area contributed by atoms with Gasteiger partial charge >= 0.3 is 0 Å². The van der Waals surface area contributed by atoms with Crippen molar-refractivity contribution in [1.82, 2.24) is 10.2 Å². The van der Waals surface area contributed by atoms with Gasteiger partial charge in [-0.15, -0.1) is 11.3 Å². The molecule has 90 valence electrons. The molecule has 5 heteroatoms. The van der Waals surface area contributed by atoms with E-state index < -0.39 is 0 Å². The lowest BCUT2D eigenvalue weighted by Gasteiger charge is -2.37. The molecular weight excluding hydrogens is 308 g/mol. The molecule has 2 heterocycles. The van der Waals surface area contributed by atoms with Gasteiger partial charge in [-0.25, -0.2) is 0 Å². The Morgan fingerprint density at radius 1 is 1.62 bits per heavy atom. The molecule has 16 heavy (non-hydrogen) atoms. The van der Waals surface area contributed by atoms with Gasteiger partial charge in [0, 0.05) is 41.1 Å². The van der Waals surface area contributed by atoms with Crippen molar-refractivity contribution in [2.75, 3.05) is 13.1 Å². The lowest BCUT2D eigenvalue weighted by molar-refractivity contribution is 0.140. The molecule has 0 bridgehead atoms. The fourth-order valence-electron chi connectivity index (χ4n) is 1.99. The van der Waals surface area contributed by atoms with Crippen molar-refractivity contribution in [1.29, 1.82) is 0 Å². The second kappa shape index (κ2) is 5.36. The van der Waals surface area contributed by atoms with Crippen molar-refractivity contribution in [2.24, 2.45) is 0 Å². The Labute approximate surface area is 114 Å².